The summed E-state index contributed by atoms with van der Waals surface area (Å²) in [4.78, 5) is 0. The second-order valence-electron chi connectivity index (χ2n) is 4.30. The standard InChI is InChI=1S/C15H15Cl2NO/c16-12-6-7-14(17)13(8-12)15(19)10-18-9-11-4-2-1-3-5-11/h1-8,15,18-19H,9-10H2. The van der Waals surface area contributed by atoms with Crippen LogP contribution in [0.4, 0.5) is 0 Å². The third-order valence-corrected chi connectivity index (χ3v) is 3.41. The summed E-state index contributed by atoms with van der Waals surface area (Å²) in [5.41, 5.74) is 1.82. The number of hydrogen-bond donors (Lipinski definition) is 2. The number of aliphatic hydroxyl groups excluding tert-OH is 1. The molecule has 2 aromatic carbocycles. The lowest BCUT2D eigenvalue weighted by molar-refractivity contribution is 0.174. The molecule has 4 heteroatoms. The van der Waals surface area contributed by atoms with Gasteiger partial charge in [-0.05, 0) is 23.8 Å². The number of benzene rings is 2. The van der Waals surface area contributed by atoms with Gasteiger partial charge in [0.05, 0.1) is 6.10 Å². The highest BCUT2D eigenvalue weighted by Crippen LogP contribution is 2.25. The molecule has 0 amide bonds. The monoisotopic (exact) mass is 295 g/mol. The van der Waals surface area contributed by atoms with Gasteiger partial charge in [-0.15, -0.1) is 0 Å². The quantitative estimate of drug-likeness (QED) is 0.879. The fraction of sp³-hybridized carbons (Fsp3) is 0.200. The fourth-order valence-electron chi connectivity index (χ4n) is 1.83. The Balaban J connectivity index is 1.91. The zero-order valence-electron chi connectivity index (χ0n) is 10.3. The molecule has 1 atom stereocenters. The third kappa shape index (κ3) is 4.22. The van der Waals surface area contributed by atoms with E-state index < -0.39 is 6.10 Å². The molecule has 2 nitrogen and oxygen atoms in total. The maximum Gasteiger partial charge on any atom is 0.0929 e. The van der Waals surface area contributed by atoms with Crippen molar-refractivity contribution in [2.45, 2.75) is 12.6 Å². The van der Waals surface area contributed by atoms with E-state index in [1.807, 2.05) is 30.3 Å². The van der Waals surface area contributed by atoms with Crippen molar-refractivity contribution in [3.63, 3.8) is 0 Å². The average Bonchev–Trinajstić information content (AvgIpc) is 2.42. The van der Waals surface area contributed by atoms with Crippen LogP contribution in [0.3, 0.4) is 0 Å². The van der Waals surface area contributed by atoms with Crippen LogP contribution in [0.25, 0.3) is 0 Å². The molecule has 0 aliphatic heterocycles. The lowest BCUT2D eigenvalue weighted by Gasteiger charge is -2.14. The molecule has 2 aromatic rings. The van der Waals surface area contributed by atoms with Crippen molar-refractivity contribution in [1.82, 2.24) is 5.32 Å². The Labute approximate surface area is 123 Å². The van der Waals surface area contributed by atoms with Gasteiger partial charge in [0.1, 0.15) is 0 Å². The van der Waals surface area contributed by atoms with Gasteiger partial charge in [0.15, 0.2) is 0 Å². The molecule has 100 valence electrons. The van der Waals surface area contributed by atoms with E-state index in [1.54, 1.807) is 18.2 Å². The number of rotatable bonds is 5. The summed E-state index contributed by atoms with van der Waals surface area (Å²) in [6.07, 6.45) is -0.671. The molecule has 0 bridgehead atoms. The Kier molecular flexibility index (Phi) is 5.23. The molecule has 0 aliphatic rings. The lowest BCUT2D eigenvalue weighted by atomic mass is 10.1. The molecule has 2 rings (SSSR count). The van der Waals surface area contributed by atoms with E-state index in [0.717, 1.165) is 0 Å². The Morgan fingerprint density at radius 3 is 2.53 bits per heavy atom. The van der Waals surface area contributed by atoms with Crippen LogP contribution in [0.1, 0.15) is 17.2 Å². The fourth-order valence-corrected chi connectivity index (χ4v) is 2.25. The number of halogens is 2. The molecule has 19 heavy (non-hydrogen) atoms. The van der Waals surface area contributed by atoms with Gasteiger partial charge >= 0.3 is 0 Å². The highest BCUT2D eigenvalue weighted by atomic mass is 35.5. The highest BCUT2D eigenvalue weighted by molar-refractivity contribution is 6.33. The van der Waals surface area contributed by atoms with E-state index in [0.29, 0.717) is 28.7 Å². The van der Waals surface area contributed by atoms with Gasteiger partial charge < -0.3 is 10.4 Å². The second-order valence-corrected chi connectivity index (χ2v) is 5.14. The number of hydrogen-bond acceptors (Lipinski definition) is 2. The predicted molar refractivity (Wildman–Crippen MR) is 79.6 cm³/mol. The minimum atomic E-state index is -0.671. The minimum Gasteiger partial charge on any atom is -0.387 e. The van der Waals surface area contributed by atoms with Crippen LogP contribution in [0, 0.1) is 0 Å². The molecule has 0 fully saturated rings. The van der Waals surface area contributed by atoms with Crippen LogP contribution >= 0.6 is 23.2 Å². The predicted octanol–water partition coefficient (Wildman–Crippen LogP) is 3.82. The summed E-state index contributed by atoms with van der Waals surface area (Å²) in [7, 11) is 0. The van der Waals surface area contributed by atoms with Gasteiger partial charge in [-0.2, -0.15) is 0 Å². The van der Waals surface area contributed by atoms with E-state index in [9.17, 15) is 5.11 Å². The summed E-state index contributed by atoms with van der Waals surface area (Å²) in [6, 6.07) is 15.1. The third-order valence-electron chi connectivity index (χ3n) is 2.83. The summed E-state index contributed by atoms with van der Waals surface area (Å²) < 4.78 is 0. The maximum atomic E-state index is 10.1. The van der Waals surface area contributed by atoms with Crippen LogP contribution in [-0.2, 0) is 6.54 Å². The van der Waals surface area contributed by atoms with Crippen LogP contribution in [-0.4, -0.2) is 11.7 Å². The van der Waals surface area contributed by atoms with Crippen LogP contribution < -0.4 is 5.32 Å². The van der Waals surface area contributed by atoms with Crippen molar-refractivity contribution in [2.75, 3.05) is 6.54 Å². The molecule has 0 saturated heterocycles. The summed E-state index contributed by atoms with van der Waals surface area (Å²) in [5.74, 6) is 0. The molecule has 0 spiro atoms. The molecule has 2 N–H and O–H groups in total. The molecule has 0 aliphatic carbocycles. The van der Waals surface area contributed by atoms with Crippen LogP contribution in [0.2, 0.25) is 10.0 Å². The minimum absolute atomic E-state index is 0.426. The number of aliphatic hydroxyl groups is 1. The topological polar surface area (TPSA) is 32.3 Å². The van der Waals surface area contributed by atoms with Crippen molar-refractivity contribution in [2.24, 2.45) is 0 Å². The second kappa shape index (κ2) is 6.92. The van der Waals surface area contributed by atoms with Gasteiger partial charge in [0.25, 0.3) is 0 Å². The van der Waals surface area contributed by atoms with Gasteiger partial charge in [0.2, 0.25) is 0 Å². The molecule has 0 radical (unpaired) electrons. The van der Waals surface area contributed by atoms with Gasteiger partial charge in [-0.25, -0.2) is 0 Å². The molecule has 1 unspecified atom stereocenters. The summed E-state index contributed by atoms with van der Waals surface area (Å²) in [6.45, 7) is 1.13. The Hall–Kier alpha value is -1.06. The zero-order valence-corrected chi connectivity index (χ0v) is 11.8. The first-order chi connectivity index (χ1) is 9.16. The molecular formula is C15H15Cl2NO. The summed E-state index contributed by atoms with van der Waals surface area (Å²) >= 11 is 11.9. The van der Waals surface area contributed by atoms with Crippen molar-refractivity contribution in [1.29, 1.82) is 0 Å². The average molecular weight is 296 g/mol. The lowest BCUT2D eigenvalue weighted by Crippen LogP contribution is -2.21. The largest absolute Gasteiger partial charge is 0.387 e. The van der Waals surface area contributed by atoms with E-state index in [4.69, 9.17) is 23.2 Å². The van der Waals surface area contributed by atoms with Crippen molar-refractivity contribution in [3.8, 4) is 0 Å². The maximum absolute atomic E-state index is 10.1. The van der Waals surface area contributed by atoms with Crippen molar-refractivity contribution in [3.05, 3.63) is 69.7 Å². The van der Waals surface area contributed by atoms with Crippen molar-refractivity contribution >= 4 is 23.2 Å². The smallest absolute Gasteiger partial charge is 0.0929 e. The van der Waals surface area contributed by atoms with E-state index in [-0.39, 0.29) is 0 Å². The first-order valence-corrected chi connectivity index (χ1v) is 6.80. The Morgan fingerprint density at radius 2 is 1.79 bits per heavy atom. The molecular weight excluding hydrogens is 281 g/mol. The summed E-state index contributed by atoms with van der Waals surface area (Å²) in [5, 5.41) is 14.4. The Bertz CT molecular complexity index is 531. The van der Waals surface area contributed by atoms with E-state index in [1.165, 1.54) is 5.56 Å². The van der Waals surface area contributed by atoms with Gasteiger partial charge in [0, 0.05) is 28.7 Å². The van der Waals surface area contributed by atoms with Crippen LogP contribution in [0.5, 0.6) is 0 Å². The van der Waals surface area contributed by atoms with Crippen LogP contribution in [0.15, 0.2) is 48.5 Å². The zero-order chi connectivity index (χ0) is 13.7. The Morgan fingerprint density at radius 1 is 1.05 bits per heavy atom. The van der Waals surface area contributed by atoms with Crippen molar-refractivity contribution < 1.29 is 5.11 Å². The SMILES string of the molecule is OC(CNCc1ccccc1)c1cc(Cl)ccc1Cl. The van der Waals surface area contributed by atoms with Gasteiger partial charge in [-0.1, -0.05) is 53.5 Å². The first kappa shape index (κ1) is 14.4. The van der Waals surface area contributed by atoms with E-state index >= 15 is 0 Å². The van der Waals surface area contributed by atoms with E-state index in [2.05, 4.69) is 5.32 Å². The van der Waals surface area contributed by atoms with Gasteiger partial charge in [-0.3, -0.25) is 0 Å². The molecule has 0 heterocycles. The molecule has 0 aromatic heterocycles. The normalized spacial score (nSPS) is 12.4. The number of nitrogens with one attached hydrogen (secondary N) is 1. The molecule has 0 saturated carbocycles. The first-order valence-electron chi connectivity index (χ1n) is 6.04. The highest BCUT2D eigenvalue weighted by Gasteiger charge is 2.11.